The Kier molecular flexibility index (Phi) is 5.71. The van der Waals surface area contributed by atoms with Crippen LogP contribution in [0.5, 0.6) is 11.5 Å². The molecule has 2 N–H and O–H groups in total. The Bertz CT molecular complexity index is 1470. The zero-order chi connectivity index (χ0) is 27.7. The number of likely N-dealkylation sites (N-methyl/N-ethyl adjacent to an activating group) is 1. The zero-order valence-corrected chi connectivity index (χ0v) is 23.0. The van der Waals surface area contributed by atoms with Crippen LogP contribution in [0.25, 0.3) is 6.08 Å². The van der Waals surface area contributed by atoms with Gasteiger partial charge in [0.05, 0.1) is 29.6 Å². The summed E-state index contributed by atoms with van der Waals surface area (Å²) in [7, 11) is 1.82. The summed E-state index contributed by atoms with van der Waals surface area (Å²) >= 11 is 0. The average Bonchev–Trinajstić information content (AvgIpc) is 3.56. The molecule has 3 heterocycles. The largest absolute Gasteiger partial charge is 0.504 e. The van der Waals surface area contributed by atoms with Crippen molar-refractivity contribution in [3.63, 3.8) is 0 Å². The summed E-state index contributed by atoms with van der Waals surface area (Å²) in [5.74, 6) is 0.450. The third kappa shape index (κ3) is 3.34. The molecule has 2 unspecified atom stereocenters. The number of aromatic hydroxyl groups is 1. The third-order valence-electron chi connectivity index (χ3n) is 10.5. The first kappa shape index (κ1) is 25.4. The van der Waals surface area contributed by atoms with Crippen LogP contribution in [0.15, 0.2) is 71.6 Å². The first-order valence-corrected chi connectivity index (χ1v) is 14.3. The van der Waals surface area contributed by atoms with Gasteiger partial charge < -0.3 is 24.3 Å². The molecule has 4 aliphatic rings. The molecule has 1 amide bonds. The molecule has 0 radical (unpaired) electrons. The molecule has 3 aromatic rings. The highest BCUT2D eigenvalue weighted by Crippen LogP contribution is 2.69. The van der Waals surface area contributed by atoms with E-state index < -0.39 is 16.6 Å². The van der Waals surface area contributed by atoms with Gasteiger partial charge in [-0.25, -0.2) is 0 Å². The number of aliphatic hydroxyl groups is 1. The molecule has 7 heteroatoms. The molecule has 208 valence electrons. The zero-order valence-electron chi connectivity index (χ0n) is 23.0. The van der Waals surface area contributed by atoms with Gasteiger partial charge >= 0.3 is 0 Å². The van der Waals surface area contributed by atoms with Gasteiger partial charge in [0.25, 0.3) is 0 Å². The minimum Gasteiger partial charge on any atom is -0.504 e. The molecule has 40 heavy (non-hydrogen) atoms. The van der Waals surface area contributed by atoms with Crippen LogP contribution in [0.3, 0.4) is 0 Å². The fourth-order valence-corrected chi connectivity index (χ4v) is 8.62. The van der Waals surface area contributed by atoms with E-state index in [0.717, 1.165) is 36.2 Å². The van der Waals surface area contributed by atoms with Gasteiger partial charge in [-0.15, -0.1) is 0 Å². The van der Waals surface area contributed by atoms with E-state index in [0.29, 0.717) is 31.4 Å². The summed E-state index contributed by atoms with van der Waals surface area (Å²) in [5, 5.41) is 23.8. The van der Waals surface area contributed by atoms with Crippen molar-refractivity contribution < 1.29 is 24.2 Å². The fourth-order valence-electron chi connectivity index (χ4n) is 8.62. The highest BCUT2D eigenvalue weighted by Gasteiger charge is 2.78. The van der Waals surface area contributed by atoms with Gasteiger partial charge in [-0.1, -0.05) is 36.4 Å². The number of phenolic OH excluding ortho intramolecular Hbond substituents is 1. The van der Waals surface area contributed by atoms with Gasteiger partial charge in [0, 0.05) is 36.8 Å². The van der Waals surface area contributed by atoms with E-state index in [1.165, 1.54) is 5.56 Å². The lowest BCUT2D eigenvalue weighted by atomic mass is 9.44. The molecule has 2 aromatic carbocycles. The van der Waals surface area contributed by atoms with Crippen LogP contribution in [0, 0.1) is 0 Å². The number of hydrogen-bond donors (Lipinski definition) is 2. The fraction of sp³-hybridized carbons (Fsp3) is 0.424. The van der Waals surface area contributed by atoms with E-state index in [2.05, 4.69) is 36.1 Å². The van der Waals surface area contributed by atoms with E-state index in [1.54, 1.807) is 41.7 Å². The maximum atomic E-state index is 13.4. The quantitative estimate of drug-likeness (QED) is 0.453. The number of nitrogens with zero attached hydrogens (tertiary/aromatic N) is 2. The topological polar surface area (TPSA) is 86.4 Å². The van der Waals surface area contributed by atoms with E-state index in [-0.39, 0.29) is 23.7 Å². The van der Waals surface area contributed by atoms with Crippen LogP contribution in [-0.2, 0) is 23.1 Å². The smallest absolute Gasteiger partial charge is 0.246 e. The van der Waals surface area contributed by atoms with Crippen molar-refractivity contribution >= 4 is 12.0 Å². The molecule has 7 nitrogen and oxygen atoms in total. The number of hydrogen-bond acceptors (Lipinski definition) is 6. The molecule has 5 atom stereocenters. The number of carbonyl (C=O) groups excluding carboxylic acids is 1. The van der Waals surface area contributed by atoms with Gasteiger partial charge in [-0.2, -0.15) is 0 Å². The number of ether oxygens (including phenoxy) is 1. The molecule has 1 saturated heterocycles. The van der Waals surface area contributed by atoms with Crippen molar-refractivity contribution in [3.8, 4) is 11.5 Å². The van der Waals surface area contributed by atoms with Crippen LogP contribution in [0.2, 0.25) is 0 Å². The summed E-state index contributed by atoms with van der Waals surface area (Å²) in [6, 6.07) is 15.7. The number of amides is 1. The molecule has 7 rings (SSSR count). The predicted octanol–water partition coefficient (Wildman–Crippen LogP) is 4.31. The lowest BCUT2D eigenvalue weighted by Crippen LogP contribution is -2.82. The second-order valence-corrected chi connectivity index (χ2v) is 12.1. The van der Waals surface area contributed by atoms with Crippen molar-refractivity contribution in [1.29, 1.82) is 0 Å². The van der Waals surface area contributed by atoms with E-state index in [9.17, 15) is 15.0 Å². The Balaban J connectivity index is 1.27. The SMILES string of the molecule is CN(C(=O)/C=C/c1ccoc1)C1CC[C@@]2(O)[C@H]3Cc4ccc(O)c5c4[C@@]2(CCN3CCc2ccccc2)C1(C)O5. The van der Waals surface area contributed by atoms with Crippen LogP contribution in [-0.4, -0.2) is 69.3 Å². The van der Waals surface area contributed by atoms with Crippen LogP contribution in [0.4, 0.5) is 0 Å². The first-order chi connectivity index (χ1) is 19.3. The highest BCUT2D eigenvalue weighted by molar-refractivity contribution is 5.92. The maximum Gasteiger partial charge on any atom is 0.246 e. The predicted molar refractivity (Wildman–Crippen MR) is 151 cm³/mol. The molecular weight excluding hydrogens is 504 g/mol. The van der Waals surface area contributed by atoms with E-state index in [4.69, 9.17) is 9.15 Å². The molecule has 1 spiro atoms. The van der Waals surface area contributed by atoms with Crippen molar-refractivity contribution in [1.82, 2.24) is 9.80 Å². The molecule has 2 bridgehead atoms. The number of furan rings is 1. The maximum absolute atomic E-state index is 13.4. The number of benzene rings is 2. The van der Waals surface area contributed by atoms with Crippen molar-refractivity contribution in [2.45, 2.75) is 67.7 Å². The molecule has 1 aromatic heterocycles. The Hall–Kier alpha value is -3.55. The summed E-state index contributed by atoms with van der Waals surface area (Å²) in [4.78, 5) is 17.7. The average molecular weight is 541 g/mol. The van der Waals surface area contributed by atoms with E-state index in [1.807, 2.05) is 19.2 Å². The summed E-state index contributed by atoms with van der Waals surface area (Å²) in [6.07, 6.45) is 9.97. The molecule has 2 aliphatic carbocycles. The van der Waals surface area contributed by atoms with Gasteiger partial charge in [0.2, 0.25) is 5.91 Å². The van der Waals surface area contributed by atoms with Crippen LogP contribution in [0.1, 0.15) is 48.4 Å². The lowest BCUT2D eigenvalue weighted by molar-refractivity contribution is -0.229. The lowest BCUT2D eigenvalue weighted by Gasteiger charge is -2.67. The van der Waals surface area contributed by atoms with Crippen molar-refractivity contribution in [2.75, 3.05) is 20.1 Å². The Labute approximate surface area is 234 Å². The number of rotatable bonds is 6. The Morgan fingerprint density at radius 3 is 2.77 bits per heavy atom. The highest BCUT2D eigenvalue weighted by atomic mass is 16.5. The van der Waals surface area contributed by atoms with Gasteiger partial charge in [-0.05, 0) is 74.9 Å². The Morgan fingerprint density at radius 2 is 2.00 bits per heavy atom. The summed E-state index contributed by atoms with van der Waals surface area (Å²) in [6.45, 7) is 3.74. The normalized spacial score (nSPS) is 32.1. The standard InChI is InChI=1S/C33H36N2O5/c1-31-26(34(2)28(37)11-8-23-14-19-39-21-23)12-15-33(38)27-20-24-9-10-25(36)30(40-31)29(24)32(31,33)16-18-35(27)17-13-22-6-4-3-5-7-22/h3-11,14,19,21,26-27,36,38H,12-13,15-18,20H2,1-2H3/b11-8+/t26?,27-,31?,32+,33-/m1/s1. The molecular formula is C33H36N2O5. The number of carbonyl (C=O) groups is 1. The summed E-state index contributed by atoms with van der Waals surface area (Å²) in [5.41, 5.74) is 1.51. The monoisotopic (exact) mass is 540 g/mol. The number of phenols is 1. The van der Waals surface area contributed by atoms with Crippen molar-refractivity contribution in [2.24, 2.45) is 0 Å². The second-order valence-electron chi connectivity index (χ2n) is 12.1. The number of piperidine rings is 1. The first-order valence-electron chi connectivity index (χ1n) is 14.3. The third-order valence-corrected chi connectivity index (χ3v) is 10.5. The minimum absolute atomic E-state index is 0.0705. The van der Waals surface area contributed by atoms with Crippen LogP contribution < -0.4 is 4.74 Å². The van der Waals surface area contributed by atoms with Gasteiger partial charge in [0.1, 0.15) is 5.60 Å². The van der Waals surface area contributed by atoms with Gasteiger partial charge in [0.15, 0.2) is 11.5 Å². The minimum atomic E-state index is -1.05. The number of likely N-dealkylation sites (tertiary alicyclic amines) is 1. The van der Waals surface area contributed by atoms with Crippen molar-refractivity contribution in [3.05, 3.63) is 89.4 Å². The molecule has 2 fully saturated rings. The Morgan fingerprint density at radius 1 is 1.18 bits per heavy atom. The van der Waals surface area contributed by atoms with Crippen LogP contribution >= 0.6 is 0 Å². The molecule has 2 aliphatic heterocycles. The second kappa shape index (κ2) is 8.98. The molecule has 1 saturated carbocycles. The van der Waals surface area contributed by atoms with Gasteiger partial charge in [-0.3, -0.25) is 9.69 Å². The summed E-state index contributed by atoms with van der Waals surface area (Å²) < 4.78 is 11.9. The van der Waals surface area contributed by atoms with E-state index >= 15 is 0 Å².